The zero-order valence-corrected chi connectivity index (χ0v) is 21.1. The van der Waals surface area contributed by atoms with Gasteiger partial charge in [0.25, 0.3) is 5.91 Å². The van der Waals surface area contributed by atoms with E-state index in [0.717, 1.165) is 27.7 Å². The first-order valence-corrected chi connectivity index (χ1v) is 12.3. The number of fused-ring (bicyclic) bond motifs is 5. The van der Waals surface area contributed by atoms with Crippen LogP contribution < -0.4 is 9.47 Å². The summed E-state index contributed by atoms with van der Waals surface area (Å²) in [5, 5.41) is 1.06. The van der Waals surface area contributed by atoms with Crippen LogP contribution in [0, 0.1) is 5.92 Å². The fraction of sp³-hybridized carbons (Fsp3) is 0.429. The van der Waals surface area contributed by atoms with E-state index in [1.54, 1.807) is 16.9 Å². The van der Waals surface area contributed by atoms with Gasteiger partial charge in [0.05, 0.1) is 26.0 Å². The monoisotopic (exact) mass is 475 g/mol. The van der Waals surface area contributed by atoms with Crippen LogP contribution in [-0.2, 0) is 15.1 Å². The van der Waals surface area contributed by atoms with Crippen molar-refractivity contribution in [2.75, 3.05) is 33.4 Å². The number of carbonyl (C=O) groups excluding carboxylic acids is 2. The van der Waals surface area contributed by atoms with Crippen molar-refractivity contribution >= 4 is 22.7 Å². The minimum Gasteiger partial charge on any atom is -0.493 e. The van der Waals surface area contributed by atoms with E-state index in [0.29, 0.717) is 31.2 Å². The smallest absolute Gasteiger partial charge is 0.254 e. The van der Waals surface area contributed by atoms with E-state index < -0.39 is 5.54 Å². The molecule has 1 unspecified atom stereocenters. The number of benzene rings is 2. The Bertz CT molecular complexity index is 1300. The van der Waals surface area contributed by atoms with Gasteiger partial charge < -0.3 is 24.3 Å². The van der Waals surface area contributed by atoms with Crippen molar-refractivity contribution in [3.05, 3.63) is 59.3 Å². The summed E-state index contributed by atoms with van der Waals surface area (Å²) < 4.78 is 11.7. The first-order chi connectivity index (χ1) is 16.8. The fourth-order valence-corrected chi connectivity index (χ4v) is 5.81. The largest absolute Gasteiger partial charge is 0.493 e. The average molecular weight is 476 g/mol. The molecule has 0 saturated carbocycles. The molecule has 0 radical (unpaired) electrons. The fourth-order valence-electron chi connectivity index (χ4n) is 5.81. The molecule has 5 rings (SSSR count). The van der Waals surface area contributed by atoms with Gasteiger partial charge in [-0.05, 0) is 37.5 Å². The Kier molecular flexibility index (Phi) is 5.74. The van der Waals surface area contributed by atoms with E-state index in [-0.39, 0.29) is 30.2 Å². The predicted molar refractivity (Wildman–Crippen MR) is 135 cm³/mol. The second kappa shape index (κ2) is 8.63. The molecule has 0 spiro atoms. The van der Waals surface area contributed by atoms with Crippen molar-refractivity contribution in [1.82, 2.24) is 14.8 Å². The van der Waals surface area contributed by atoms with Gasteiger partial charge in [-0.1, -0.05) is 44.2 Å². The summed E-state index contributed by atoms with van der Waals surface area (Å²) in [4.78, 5) is 34.6. The van der Waals surface area contributed by atoms with Crippen LogP contribution in [-0.4, -0.2) is 59.9 Å². The van der Waals surface area contributed by atoms with Crippen LogP contribution in [0.3, 0.4) is 0 Å². The number of hydrogen-bond acceptors (Lipinski definition) is 4. The number of nitrogens with zero attached hydrogens (tertiary/aromatic N) is 2. The summed E-state index contributed by atoms with van der Waals surface area (Å²) in [6.07, 6.45) is 0. The number of aromatic amines is 1. The Morgan fingerprint density at radius 1 is 1.14 bits per heavy atom. The second-order valence-electron chi connectivity index (χ2n) is 9.98. The summed E-state index contributed by atoms with van der Waals surface area (Å²) in [5.41, 5.74) is 2.63. The minimum absolute atomic E-state index is 0.0345. The molecule has 2 aliphatic rings. The number of hydrogen-bond donors (Lipinski definition) is 1. The molecule has 2 atom stereocenters. The number of rotatable bonds is 6. The zero-order valence-electron chi connectivity index (χ0n) is 21.1. The summed E-state index contributed by atoms with van der Waals surface area (Å²) in [7, 11) is 1.63. The average Bonchev–Trinajstić information content (AvgIpc) is 3.23. The number of ether oxygens (including phenoxy) is 2. The molecule has 2 aromatic carbocycles. The lowest BCUT2D eigenvalue weighted by molar-refractivity contribution is -0.166. The number of nitrogens with one attached hydrogen (secondary N) is 1. The highest BCUT2D eigenvalue weighted by molar-refractivity contribution is 6.01. The van der Waals surface area contributed by atoms with E-state index in [1.807, 2.05) is 50.2 Å². The lowest BCUT2D eigenvalue weighted by Crippen LogP contribution is -2.67. The molecule has 2 amide bonds. The molecule has 1 aromatic heterocycles. The molecule has 3 heterocycles. The molecular formula is C28H33N3O4. The molecule has 2 aliphatic heterocycles. The number of amides is 2. The predicted octanol–water partition coefficient (Wildman–Crippen LogP) is 4.26. The normalized spacial score (nSPS) is 21.9. The molecule has 1 fully saturated rings. The second-order valence-corrected chi connectivity index (χ2v) is 9.98. The van der Waals surface area contributed by atoms with E-state index in [2.05, 4.69) is 24.9 Å². The van der Waals surface area contributed by atoms with E-state index in [9.17, 15) is 9.59 Å². The Hall–Kier alpha value is -3.48. The molecule has 7 nitrogen and oxygen atoms in total. The van der Waals surface area contributed by atoms with Gasteiger partial charge in [0, 0.05) is 35.5 Å². The molecule has 1 saturated heterocycles. The third kappa shape index (κ3) is 3.48. The highest BCUT2D eigenvalue weighted by atomic mass is 16.5. The van der Waals surface area contributed by atoms with Gasteiger partial charge in [0.2, 0.25) is 5.91 Å². The Morgan fingerprint density at radius 3 is 2.63 bits per heavy atom. The molecule has 0 aliphatic carbocycles. The maximum absolute atomic E-state index is 14.0. The van der Waals surface area contributed by atoms with Gasteiger partial charge >= 0.3 is 0 Å². The molecule has 35 heavy (non-hydrogen) atoms. The van der Waals surface area contributed by atoms with Gasteiger partial charge in [0.15, 0.2) is 17.0 Å². The molecule has 0 bridgehead atoms. The van der Waals surface area contributed by atoms with E-state index in [4.69, 9.17) is 9.47 Å². The lowest BCUT2D eigenvalue weighted by atomic mass is 9.76. The van der Waals surface area contributed by atoms with Crippen LogP contribution in [0.15, 0.2) is 42.5 Å². The van der Waals surface area contributed by atoms with Gasteiger partial charge in [-0.25, -0.2) is 0 Å². The SMILES string of the molecule is CCOc1c(OC)cccc1C1CN2C(=O)CN(CC(C)C)C(=O)[C@]2(C)c2[nH]c3ccccc3c21. The summed E-state index contributed by atoms with van der Waals surface area (Å²) in [5.74, 6) is 1.35. The van der Waals surface area contributed by atoms with Crippen LogP contribution in [0.5, 0.6) is 11.5 Å². The van der Waals surface area contributed by atoms with Gasteiger partial charge in [-0.2, -0.15) is 0 Å². The third-order valence-corrected chi connectivity index (χ3v) is 7.30. The quantitative estimate of drug-likeness (QED) is 0.578. The van der Waals surface area contributed by atoms with Crippen molar-refractivity contribution in [2.45, 2.75) is 39.2 Å². The van der Waals surface area contributed by atoms with Crippen molar-refractivity contribution in [2.24, 2.45) is 5.92 Å². The Labute approximate surface area is 206 Å². The highest BCUT2D eigenvalue weighted by Gasteiger charge is 2.56. The van der Waals surface area contributed by atoms with Crippen molar-refractivity contribution in [3.8, 4) is 11.5 Å². The van der Waals surface area contributed by atoms with E-state index in [1.165, 1.54) is 0 Å². The Morgan fingerprint density at radius 2 is 1.91 bits per heavy atom. The maximum atomic E-state index is 14.0. The first kappa shape index (κ1) is 23.3. The van der Waals surface area contributed by atoms with Crippen molar-refractivity contribution in [3.63, 3.8) is 0 Å². The van der Waals surface area contributed by atoms with Crippen LogP contribution in [0.1, 0.15) is 50.4 Å². The van der Waals surface area contributed by atoms with Crippen LogP contribution in [0.4, 0.5) is 0 Å². The van der Waals surface area contributed by atoms with Gasteiger partial charge in [-0.15, -0.1) is 0 Å². The summed E-state index contributed by atoms with van der Waals surface area (Å²) >= 11 is 0. The number of methoxy groups -OCH3 is 1. The van der Waals surface area contributed by atoms with Crippen LogP contribution in [0.25, 0.3) is 10.9 Å². The molecule has 3 aromatic rings. The van der Waals surface area contributed by atoms with Gasteiger partial charge in [0.1, 0.15) is 0 Å². The zero-order chi connectivity index (χ0) is 24.9. The lowest BCUT2D eigenvalue weighted by Gasteiger charge is -2.51. The van der Waals surface area contributed by atoms with Crippen LogP contribution in [0.2, 0.25) is 0 Å². The van der Waals surface area contributed by atoms with E-state index >= 15 is 0 Å². The highest BCUT2D eigenvalue weighted by Crippen LogP contribution is 2.50. The minimum atomic E-state index is -1.10. The number of carbonyl (C=O) groups is 2. The summed E-state index contributed by atoms with van der Waals surface area (Å²) in [6.45, 7) is 9.50. The topological polar surface area (TPSA) is 74.9 Å². The Balaban J connectivity index is 1.76. The number of H-pyrrole nitrogens is 1. The molecular weight excluding hydrogens is 442 g/mol. The van der Waals surface area contributed by atoms with Crippen molar-refractivity contribution < 1.29 is 19.1 Å². The first-order valence-electron chi connectivity index (χ1n) is 12.3. The van der Waals surface area contributed by atoms with Gasteiger partial charge in [-0.3, -0.25) is 9.59 Å². The number of para-hydroxylation sites is 2. The van der Waals surface area contributed by atoms with Crippen molar-refractivity contribution in [1.29, 1.82) is 0 Å². The number of piperazine rings is 1. The maximum Gasteiger partial charge on any atom is 0.254 e. The summed E-state index contributed by atoms with van der Waals surface area (Å²) in [6, 6.07) is 14.0. The standard InChI is InChI=1S/C28H33N3O4/c1-6-35-25-18(11-9-13-22(25)34-5)20-15-31-23(32)16-30(14-17(2)3)27(33)28(31,4)26-24(20)19-10-7-8-12-21(19)29-26/h7-13,17,20,29H,6,14-16H2,1-5H3/t20?,28-/m0/s1. The third-order valence-electron chi connectivity index (χ3n) is 7.30. The molecule has 1 N–H and O–H groups in total. The number of aromatic nitrogens is 1. The molecule has 184 valence electrons. The molecule has 7 heteroatoms. The van der Waals surface area contributed by atoms with Crippen LogP contribution >= 0.6 is 0 Å².